The molecule has 3 heterocycles. The second-order valence-corrected chi connectivity index (χ2v) is 10.0. The fraction of sp³-hybridized carbons (Fsp3) is 0. The minimum Gasteiger partial charge on any atom is -0.306 e. The molecule has 3 aromatic heterocycles. The lowest BCUT2D eigenvalue weighted by Gasteiger charge is -2.14. The van der Waals surface area contributed by atoms with Gasteiger partial charge in [0.25, 0.3) is 0 Å². The van der Waals surface area contributed by atoms with Gasteiger partial charge in [0.2, 0.25) is 0 Å². The SMILES string of the molecule is c1ccc2c(c1)nc1c3c(ccn21)c1ccccc1n3-c1ccc2c3ccccc3c3ccccc3c2c1. The Morgan fingerprint density at radius 2 is 1.03 bits per heavy atom. The summed E-state index contributed by atoms with van der Waals surface area (Å²) in [5.74, 6) is 0. The molecule has 3 heteroatoms. The number of imidazole rings is 1. The van der Waals surface area contributed by atoms with Gasteiger partial charge in [-0.05, 0) is 68.7 Å². The molecular formula is C35H21N3. The molecular weight excluding hydrogens is 462 g/mol. The summed E-state index contributed by atoms with van der Waals surface area (Å²) in [4.78, 5) is 5.12. The topological polar surface area (TPSA) is 22.2 Å². The average Bonchev–Trinajstić information content (AvgIpc) is 3.53. The number of rotatable bonds is 1. The van der Waals surface area contributed by atoms with Crippen molar-refractivity contribution in [1.82, 2.24) is 14.0 Å². The summed E-state index contributed by atoms with van der Waals surface area (Å²) in [6.07, 6.45) is 2.16. The second kappa shape index (κ2) is 7.21. The van der Waals surface area contributed by atoms with E-state index in [0.717, 1.165) is 27.9 Å². The lowest BCUT2D eigenvalue weighted by atomic mass is 9.94. The monoisotopic (exact) mass is 483 g/mol. The van der Waals surface area contributed by atoms with Gasteiger partial charge >= 0.3 is 0 Å². The smallest absolute Gasteiger partial charge is 0.162 e. The van der Waals surface area contributed by atoms with Crippen LogP contribution in [0.3, 0.4) is 0 Å². The van der Waals surface area contributed by atoms with Gasteiger partial charge < -0.3 is 4.57 Å². The molecule has 0 radical (unpaired) electrons. The van der Waals surface area contributed by atoms with Gasteiger partial charge in [-0.2, -0.15) is 0 Å². The summed E-state index contributed by atoms with van der Waals surface area (Å²) in [5.41, 5.74) is 6.57. The first kappa shape index (κ1) is 20.0. The maximum atomic E-state index is 5.12. The van der Waals surface area contributed by atoms with Gasteiger partial charge in [-0.15, -0.1) is 0 Å². The van der Waals surface area contributed by atoms with E-state index in [0.29, 0.717) is 0 Å². The van der Waals surface area contributed by atoms with Crippen LogP contribution >= 0.6 is 0 Å². The van der Waals surface area contributed by atoms with Crippen molar-refractivity contribution in [3.63, 3.8) is 0 Å². The Kier molecular flexibility index (Phi) is 3.79. The van der Waals surface area contributed by atoms with Crippen molar-refractivity contribution < 1.29 is 0 Å². The molecule has 0 bridgehead atoms. The van der Waals surface area contributed by atoms with Crippen molar-refractivity contribution in [2.75, 3.05) is 0 Å². The Hall–Kier alpha value is -5.15. The fourth-order valence-electron chi connectivity index (χ4n) is 6.47. The van der Waals surface area contributed by atoms with E-state index in [9.17, 15) is 0 Å². The van der Waals surface area contributed by atoms with Crippen molar-refractivity contribution in [3.8, 4) is 5.69 Å². The molecule has 0 aliphatic carbocycles. The van der Waals surface area contributed by atoms with Crippen LogP contribution < -0.4 is 0 Å². The van der Waals surface area contributed by atoms with Gasteiger partial charge in [0.1, 0.15) is 0 Å². The quantitative estimate of drug-likeness (QED) is 0.214. The Bertz CT molecular complexity index is 2370. The molecule has 9 aromatic rings. The van der Waals surface area contributed by atoms with E-state index in [4.69, 9.17) is 4.98 Å². The van der Waals surface area contributed by atoms with E-state index < -0.39 is 0 Å². The summed E-state index contributed by atoms with van der Waals surface area (Å²) in [6.45, 7) is 0. The van der Waals surface area contributed by atoms with E-state index in [1.165, 1.54) is 48.6 Å². The Morgan fingerprint density at radius 3 is 1.76 bits per heavy atom. The van der Waals surface area contributed by atoms with Crippen molar-refractivity contribution in [2.45, 2.75) is 0 Å². The minimum atomic E-state index is 0.975. The largest absolute Gasteiger partial charge is 0.306 e. The molecule has 3 nitrogen and oxygen atoms in total. The zero-order valence-electron chi connectivity index (χ0n) is 20.5. The molecule has 0 aliphatic rings. The molecule has 176 valence electrons. The van der Waals surface area contributed by atoms with E-state index in [1.807, 2.05) is 0 Å². The minimum absolute atomic E-state index is 0.975. The summed E-state index contributed by atoms with van der Waals surface area (Å²) in [5, 5.41) is 10.1. The van der Waals surface area contributed by atoms with Crippen molar-refractivity contribution in [2.24, 2.45) is 0 Å². The Labute approximate surface area is 217 Å². The van der Waals surface area contributed by atoms with Crippen LogP contribution in [-0.2, 0) is 0 Å². The number of para-hydroxylation sites is 3. The van der Waals surface area contributed by atoms with Crippen LogP contribution in [0.4, 0.5) is 0 Å². The first-order valence-electron chi connectivity index (χ1n) is 13.0. The van der Waals surface area contributed by atoms with E-state index in [2.05, 4.69) is 136 Å². The van der Waals surface area contributed by atoms with Gasteiger partial charge in [-0.25, -0.2) is 4.98 Å². The van der Waals surface area contributed by atoms with E-state index in [-0.39, 0.29) is 0 Å². The Balaban J connectivity index is 1.48. The molecule has 0 saturated heterocycles. The van der Waals surface area contributed by atoms with Crippen LogP contribution in [0.1, 0.15) is 0 Å². The first-order chi connectivity index (χ1) is 18.9. The highest BCUT2D eigenvalue weighted by molar-refractivity contribution is 6.25. The summed E-state index contributed by atoms with van der Waals surface area (Å²) >= 11 is 0. The molecule has 0 atom stereocenters. The molecule has 0 saturated carbocycles. The Morgan fingerprint density at radius 1 is 0.447 bits per heavy atom. The molecule has 0 aliphatic heterocycles. The maximum absolute atomic E-state index is 5.12. The summed E-state index contributed by atoms with van der Waals surface area (Å²) in [7, 11) is 0. The van der Waals surface area contributed by atoms with E-state index in [1.54, 1.807) is 0 Å². The van der Waals surface area contributed by atoms with Crippen molar-refractivity contribution in [1.29, 1.82) is 0 Å². The zero-order valence-corrected chi connectivity index (χ0v) is 20.5. The van der Waals surface area contributed by atoms with Gasteiger partial charge in [0, 0.05) is 22.7 Å². The highest BCUT2D eigenvalue weighted by atomic mass is 15.1. The normalized spacial score (nSPS) is 12.2. The second-order valence-electron chi connectivity index (χ2n) is 10.0. The number of hydrogen-bond donors (Lipinski definition) is 0. The standard InChI is InChI=1S/C35H21N3/c1-2-11-25-23(9-1)24-10-3-4-12-26(24)30-21-22(17-18-27(25)30)38-32-15-7-5-13-28(32)29-19-20-37-33-16-8-6-14-31(33)36-35(37)34(29)38/h1-21H. The zero-order chi connectivity index (χ0) is 24.8. The third-order valence-electron chi connectivity index (χ3n) is 8.10. The summed E-state index contributed by atoms with van der Waals surface area (Å²) in [6, 6.07) is 43.7. The van der Waals surface area contributed by atoms with E-state index >= 15 is 0 Å². The first-order valence-corrected chi connectivity index (χ1v) is 13.0. The highest BCUT2D eigenvalue weighted by Gasteiger charge is 2.18. The van der Waals surface area contributed by atoms with Crippen molar-refractivity contribution in [3.05, 3.63) is 128 Å². The predicted octanol–water partition coefficient (Wildman–Crippen LogP) is 9.04. The van der Waals surface area contributed by atoms with Crippen LogP contribution in [-0.4, -0.2) is 14.0 Å². The number of aromatic nitrogens is 3. The van der Waals surface area contributed by atoms with Crippen LogP contribution in [0, 0.1) is 0 Å². The van der Waals surface area contributed by atoms with Crippen molar-refractivity contribution >= 4 is 70.8 Å². The molecule has 0 unspecified atom stereocenters. The number of benzene rings is 6. The third-order valence-corrected chi connectivity index (χ3v) is 8.10. The number of nitrogens with zero attached hydrogens (tertiary/aromatic N) is 3. The molecule has 0 N–H and O–H groups in total. The van der Waals surface area contributed by atoms with Gasteiger partial charge in [0.05, 0.1) is 22.1 Å². The van der Waals surface area contributed by atoms with Gasteiger partial charge in [-0.3, -0.25) is 4.40 Å². The number of fused-ring (bicyclic) bond motifs is 13. The van der Waals surface area contributed by atoms with Crippen LogP contribution in [0.2, 0.25) is 0 Å². The molecule has 6 aromatic carbocycles. The molecule has 0 amide bonds. The molecule has 0 spiro atoms. The third kappa shape index (κ3) is 2.50. The lowest BCUT2D eigenvalue weighted by molar-refractivity contribution is 1.16. The maximum Gasteiger partial charge on any atom is 0.162 e. The van der Waals surface area contributed by atoms with Crippen LogP contribution in [0.5, 0.6) is 0 Å². The summed E-state index contributed by atoms with van der Waals surface area (Å²) < 4.78 is 4.62. The molecule has 38 heavy (non-hydrogen) atoms. The molecule has 0 fully saturated rings. The van der Waals surface area contributed by atoms with Crippen LogP contribution in [0.25, 0.3) is 76.5 Å². The average molecular weight is 484 g/mol. The predicted molar refractivity (Wildman–Crippen MR) is 160 cm³/mol. The van der Waals surface area contributed by atoms with Crippen LogP contribution in [0.15, 0.2) is 128 Å². The fourth-order valence-corrected chi connectivity index (χ4v) is 6.47. The molecule has 9 rings (SSSR count). The number of pyridine rings is 1. The highest BCUT2D eigenvalue weighted by Crippen LogP contribution is 2.39. The number of hydrogen-bond acceptors (Lipinski definition) is 1. The van der Waals surface area contributed by atoms with Gasteiger partial charge in [-0.1, -0.05) is 84.9 Å². The lowest BCUT2D eigenvalue weighted by Crippen LogP contribution is -1.96. The van der Waals surface area contributed by atoms with Gasteiger partial charge in [0.15, 0.2) is 5.65 Å².